The molecule has 0 atom stereocenters. The Labute approximate surface area is 432 Å². The summed E-state index contributed by atoms with van der Waals surface area (Å²) < 4.78 is 5.14. The Morgan fingerprint density at radius 3 is 1.20 bits per heavy atom. The Bertz CT molecular complexity index is 4980. The van der Waals surface area contributed by atoms with E-state index in [0.29, 0.717) is 0 Å². The summed E-state index contributed by atoms with van der Waals surface area (Å²) in [6.07, 6.45) is 3.88. The molecule has 74 heavy (non-hydrogen) atoms. The van der Waals surface area contributed by atoms with E-state index in [9.17, 15) is 0 Å². The minimum atomic E-state index is 0.863. The first-order valence-electron chi connectivity index (χ1n) is 24.9. The SMILES string of the molecule is c1cc(-c2ccc3sc4c(-c5cccc6c5sc5ccc(-c7ccccc7-c7cnc8c9ccccc9c9ccccc9c8n7)cc56)cccc4c3c2)cc(-c2cnc3c4ccccc4c4ccccc4c3n2)c1. The summed E-state index contributed by atoms with van der Waals surface area (Å²) in [7, 11) is 0. The van der Waals surface area contributed by atoms with Gasteiger partial charge in [0.2, 0.25) is 0 Å². The number of nitrogens with zero attached hydrogens (tertiary/aromatic N) is 4. The minimum absolute atomic E-state index is 0.863. The fourth-order valence-electron chi connectivity index (χ4n) is 11.7. The van der Waals surface area contributed by atoms with Crippen LogP contribution in [0.4, 0.5) is 0 Å². The van der Waals surface area contributed by atoms with Crippen LogP contribution in [0.15, 0.2) is 231 Å². The standard InChI is InChI=1S/C68H38N4S2/c1-6-21-48(60-38-70-64-50-23-8-3-18-45(50)47-20-5-10-25-52(47)66(64)72-60)43(16-1)41-31-33-62-58(36-41)56-29-13-27-54(68(56)74-62)53-26-12-28-55-57-35-40(30-32-61(57)73-67(53)55)39-14-11-15-42(34-39)59-37-69-63-49-22-7-2-17-44(49)46-19-4-9-24-51(46)65(63)71-59/h1-38H. The lowest BCUT2D eigenvalue weighted by Gasteiger charge is -2.13. The zero-order chi connectivity index (χ0) is 48.4. The highest BCUT2D eigenvalue weighted by atomic mass is 32.1. The number of hydrogen-bond donors (Lipinski definition) is 0. The molecule has 0 N–H and O–H groups in total. The molecule has 6 heteroatoms. The lowest BCUT2D eigenvalue weighted by Crippen LogP contribution is -1.93. The van der Waals surface area contributed by atoms with Crippen molar-refractivity contribution in [2.24, 2.45) is 0 Å². The summed E-state index contributed by atoms with van der Waals surface area (Å²) in [4.78, 5) is 20.9. The van der Waals surface area contributed by atoms with E-state index < -0.39 is 0 Å². The minimum Gasteiger partial charge on any atom is -0.252 e. The highest BCUT2D eigenvalue weighted by Gasteiger charge is 2.19. The maximum Gasteiger partial charge on any atom is 0.0979 e. The lowest BCUT2D eigenvalue weighted by atomic mass is 9.95. The quantitative estimate of drug-likeness (QED) is 0.161. The summed E-state index contributed by atoms with van der Waals surface area (Å²) in [5.41, 5.74) is 14.7. The molecular formula is C68H38N4S2. The Balaban J connectivity index is 0.769. The van der Waals surface area contributed by atoms with Crippen molar-refractivity contribution in [1.29, 1.82) is 0 Å². The third kappa shape index (κ3) is 6.26. The molecule has 4 nitrogen and oxygen atoms in total. The van der Waals surface area contributed by atoms with Gasteiger partial charge in [-0.1, -0.05) is 188 Å². The molecule has 0 saturated heterocycles. The highest BCUT2D eigenvalue weighted by Crippen LogP contribution is 2.47. The summed E-state index contributed by atoms with van der Waals surface area (Å²) >= 11 is 3.76. The second-order valence-corrected chi connectivity index (χ2v) is 21.3. The molecule has 342 valence electrons. The van der Waals surface area contributed by atoms with Crippen LogP contribution in [-0.2, 0) is 0 Å². The Hall–Kier alpha value is -9.20. The molecule has 0 unspecified atom stereocenters. The first-order valence-corrected chi connectivity index (χ1v) is 26.6. The number of fused-ring (bicyclic) bond motifs is 18. The van der Waals surface area contributed by atoms with Crippen molar-refractivity contribution in [2.75, 3.05) is 0 Å². The van der Waals surface area contributed by atoms with Crippen LogP contribution in [0.3, 0.4) is 0 Å². The zero-order valence-corrected chi connectivity index (χ0v) is 41.2. The average Bonchev–Trinajstić information content (AvgIpc) is 4.06. The number of hydrogen-bond acceptors (Lipinski definition) is 6. The van der Waals surface area contributed by atoms with Crippen molar-refractivity contribution in [3.8, 4) is 55.9 Å². The van der Waals surface area contributed by atoms with E-state index in [-0.39, 0.29) is 0 Å². The van der Waals surface area contributed by atoms with Crippen LogP contribution in [0.25, 0.3) is 161 Å². The number of thiophene rings is 2. The molecule has 0 spiro atoms. The third-order valence-electron chi connectivity index (χ3n) is 15.1. The lowest BCUT2D eigenvalue weighted by molar-refractivity contribution is 1.31. The van der Waals surface area contributed by atoms with Crippen LogP contribution in [0, 0.1) is 0 Å². The van der Waals surface area contributed by atoms with Crippen LogP contribution in [0.2, 0.25) is 0 Å². The number of rotatable bonds is 5. The van der Waals surface area contributed by atoms with Gasteiger partial charge in [0.15, 0.2) is 0 Å². The van der Waals surface area contributed by atoms with E-state index in [2.05, 4.69) is 218 Å². The van der Waals surface area contributed by atoms with Crippen LogP contribution < -0.4 is 0 Å². The monoisotopic (exact) mass is 974 g/mol. The fraction of sp³-hybridized carbons (Fsp3) is 0. The predicted molar refractivity (Wildman–Crippen MR) is 316 cm³/mol. The highest BCUT2D eigenvalue weighted by molar-refractivity contribution is 7.27. The molecule has 0 fully saturated rings. The Morgan fingerprint density at radius 1 is 0.243 bits per heavy atom. The first kappa shape index (κ1) is 41.4. The van der Waals surface area contributed by atoms with Crippen LogP contribution >= 0.6 is 22.7 Å². The third-order valence-corrected chi connectivity index (χ3v) is 17.6. The van der Waals surface area contributed by atoms with Crippen molar-refractivity contribution in [2.45, 2.75) is 0 Å². The maximum atomic E-state index is 5.39. The van der Waals surface area contributed by atoms with Crippen LogP contribution in [-0.4, -0.2) is 19.9 Å². The Morgan fingerprint density at radius 2 is 0.635 bits per heavy atom. The predicted octanol–water partition coefficient (Wildman–Crippen LogP) is 19.3. The van der Waals surface area contributed by atoms with Gasteiger partial charge < -0.3 is 0 Å². The first-order chi connectivity index (χ1) is 36.7. The van der Waals surface area contributed by atoms with Gasteiger partial charge in [-0.2, -0.15) is 0 Å². The molecule has 0 bridgehead atoms. The van der Waals surface area contributed by atoms with Crippen LogP contribution in [0.1, 0.15) is 0 Å². The average molecular weight is 975 g/mol. The summed E-state index contributed by atoms with van der Waals surface area (Å²) in [6.45, 7) is 0. The molecule has 12 aromatic carbocycles. The number of aromatic nitrogens is 4. The molecule has 0 aliphatic rings. The van der Waals surface area contributed by atoms with Crippen LogP contribution in [0.5, 0.6) is 0 Å². The molecule has 0 saturated carbocycles. The van der Waals surface area contributed by atoms with E-state index in [4.69, 9.17) is 19.9 Å². The molecule has 16 aromatic rings. The fourth-order valence-corrected chi connectivity index (χ4v) is 14.1. The van der Waals surface area contributed by atoms with Crippen molar-refractivity contribution < 1.29 is 0 Å². The molecule has 16 rings (SSSR count). The topological polar surface area (TPSA) is 51.6 Å². The van der Waals surface area contributed by atoms with Crippen molar-refractivity contribution in [3.63, 3.8) is 0 Å². The van der Waals surface area contributed by atoms with Gasteiger partial charge in [-0.25, -0.2) is 9.97 Å². The smallest absolute Gasteiger partial charge is 0.0979 e. The molecule has 4 heterocycles. The summed E-state index contributed by atoms with van der Waals surface area (Å²) in [5, 5.41) is 14.3. The van der Waals surface area contributed by atoms with Gasteiger partial charge in [0.05, 0.1) is 45.8 Å². The van der Waals surface area contributed by atoms with Gasteiger partial charge in [0, 0.05) is 84.1 Å². The van der Waals surface area contributed by atoms with E-state index in [1.54, 1.807) is 0 Å². The van der Waals surface area contributed by atoms with E-state index in [0.717, 1.165) is 82.8 Å². The van der Waals surface area contributed by atoms with Gasteiger partial charge in [0.25, 0.3) is 0 Å². The Kier molecular flexibility index (Phi) is 9.04. The molecule has 4 aromatic heterocycles. The van der Waals surface area contributed by atoms with Gasteiger partial charge in [-0.3, -0.25) is 9.97 Å². The zero-order valence-electron chi connectivity index (χ0n) is 39.5. The van der Waals surface area contributed by atoms with E-state index in [1.165, 1.54) is 78.6 Å². The molecule has 0 aliphatic carbocycles. The molecule has 0 aliphatic heterocycles. The van der Waals surface area contributed by atoms with E-state index in [1.807, 2.05) is 35.1 Å². The normalized spacial score (nSPS) is 12.1. The summed E-state index contributed by atoms with van der Waals surface area (Å²) in [5.74, 6) is 0. The second kappa shape index (κ2) is 16.2. The van der Waals surface area contributed by atoms with Gasteiger partial charge >= 0.3 is 0 Å². The number of benzene rings is 12. The molecular weight excluding hydrogens is 937 g/mol. The summed E-state index contributed by atoms with van der Waals surface area (Å²) in [6, 6.07) is 79.0. The van der Waals surface area contributed by atoms with Crippen molar-refractivity contribution in [1.82, 2.24) is 19.9 Å². The van der Waals surface area contributed by atoms with Gasteiger partial charge in [-0.15, -0.1) is 22.7 Å². The van der Waals surface area contributed by atoms with Crippen molar-refractivity contribution >= 4 is 128 Å². The maximum absolute atomic E-state index is 5.39. The molecule has 0 radical (unpaired) electrons. The largest absolute Gasteiger partial charge is 0.252 e. The van der Waals surface area contributed by atoms with Crippen molar-refractivity contribution in [3.05, 3.63) is 231 Å². The van der Waals surface area contributed by atoms with E-state index >= 15 is 0 Å². The molecule has 0 amide bonds. The second-order valence-electron chi connectivity index (χ2n) is 19.2. The van der Waals surface area contributed by atoms with Gasteiger partial charge in [0.1, 0.15) is 0 Å². The van der Waals surface area contributed by atoms with Gasteiger partial charge in [-0.05, 0) is 74.1 Å².